The lowest BCUT2D eigenvalue weighted by molar-refractivity contribution is 0.0566. The van der Waals surface area contributed by atoms with E-state index in [4.69, 9.17) is 4.74 Å². The lowest BCUT2D eigenvalue weighted by atomic mass is 10.0. The van der Waals surface area contributed by atoms with Crippen molar-refractivity contribution in [3.05, 3.63) is 96.5 Å². The van der Waals surface area contributed by atoms with Crippen molar-refractivity contribution in [2.24, 2.45) is 0 Å². The van der Waals surface area contributed by atoms with Gasteiger partial charge in [0.2, 0.25) is 0 Å². The Balaban J connectivity index is 1.51. The molecule has 0 saturated heterocycles. The summed E-state index contributed by atoms with van der Waals surface area (Å²) in [6, 6.07) is 17.7. The van der Waals surface area contributed by atoms with E-state index in [1.165, 1.54) is 18.4 Å². The molecule has 35 heavy (non-hydrogen) atoms. The van der Waals surface area contributed by atoms with Crippen LogP contribution in [-0.2, 0) is 11.2 Å². The van der Waals surface area contributed by atoms with Crippen molar-refractivity contribution >= 4 is 6.08 Å². The second kappa shape index (κ2) is 14.4. The number of aromatic nitrogens is 1. The minimum Gasteiger partial charge on any atom is -0.379 e. The number of nitrogens with zero attached hydrogens (tertiary/aromatic N) is 1. The van der Waals surface area contributed by atoms with Gasteiger partial charge in [-0.2, -0.15) is 0 Å². The maximum Gasteiger partial charge on any atom is 0.131 e. The second-order valence-electron chi connectivity index (χ2n) is 9.08. The van der Waals surface area contributed by atoms with Crippen molar-refractivity contribution in [1.82, 2.24) is 4.98 Å². The number of rotatable bonds is 14. The summed E-state index contributed by atoms with van der Waals surface area (Å²) in [5.41, 5.74) is 5.54. The molecule has 0 fully saturated rings. The van der Waals surface area contributed by atoms with Crippen LogP contribution in [0.4, 0.5) is 4.39 Å². The van der Waals surface area contributed by atoms with Crippen LogP contribution in [0, 0.1) is 5.82 Å². The Bertz CT molecular complexity index is 1070. The first-order chi connectivity index (χ1) is 17.1. The highest BCUT2D eigenvalue weighted by atomic mass is 19.1. The smallest absolute Gasteiger partial charge is 0.131 e. The summed E-state index contributed by atoms with van der Waals surface area (Å²) >= 11 is 0. The normalized spacial score (nSPS) is 12.2. The van der Waals surface area contributed by atoms with E-state index in [9.17, 15) is 4.39 Å². The van der Waals surface area contributed by atoms with Gasteiger partial charge < -0.3 is 4.74 Å². The lowest BCUT2D eigenvalue weighted by Crippen LogP contribution is -2.08. The Kier molecular flexibility index (Phi) is 10.9. The predicted octanol–water partition coefficient (Wildman–Crippen LogP) is 9.06. The molecule has 0 saturated carbocycles. The number of benzene rings is 2. The van der Waals surface area contributed by atoms with Crippen LogP contribution < -0.4 is 0 Å². The van der Waals surface area contributed by atoms with Gasteiger partial charge in [0.25, 0.3) is 0 Å². The number of hydrogen-bond acceptors (Lipinski definition) is 2. The van der Waals surface area contributed by atoms with E-state index in [0.29, 0.717) is 5.56 Å². The zero-order chi connectivity index (χ0) is 24.9. The van der Waals surface area contributed by atoms with Crippen molar-refractivity contribution in [2.45, 2.75) is 64.9 Å². The van der Waals surface area contributed by atoms with Gasteiger partial charge in [-0.3, -0.25) is 4.98 Å². The topological polar surface area (TPSA) is 22.1 Å². The van der Waals surface area contributed by atoms with Crippen molar-refractivity contribution in [3.63, 3.8) is 0 Å². The Morgan fingerprint density at radius 1 is 0.971 bits per heavy atom. The zero-order valence-electron chi connectivity index (χ0n) is 21.2. The van der Waals surface area contributed by atoms with Crippen LogP contribution in [-0.4, -0.2) is 17.7 Å². The van der Waals surface area contributed by atoms with Crippen molar-refractivity contribution in [3.8, 4) is 22.4 Å². The molecule has 2 nitrogen and oxygen atoms in total. The van der Waals surface area contributed by atoms with Crippen LogP contribution in [0.1, 0.15) is 63.5 Å². The molecule has 0 N–H and O–H groups in total. The average Bonchev–Trinajstić information content (AvgIpc) is 2.88. The van der Waals surface area contributed by atoms with Gasteiger partial charge in [-0.05, 0) is 62.3 Å². The number of ether oxygens (including phenoxy) is 1. The Morgan fingerprint density at radius 3 is 2.43 bits per heavy atom. The number of allylic oxidation sites excluding steroid dienone is 2. The van der Waals surface area contributed by atoms with Gasteiger partial charge in [0.1, 0.15) is 5.82 Å². The summed E-state index contributed by atoms with van der Waals surface area (Å²) in [4.78, 5) is 4.58. The molecule has 1 aromatic heterocycles. The fraction of sp³-hybridized carbons (Fsp3) is 0.344. The predicted molar refractivity (Wildman–Crippen MR) is 147 cm³/mol. The third-order valence-corrected chi connectivity index (χ3v) is 6.16. The molecule has 184 valence electrons. The summed E-state index contributed by atoms with van der Waals surface area (Å²) in [5, 5.41) is 0. The fourth-order valence-electron chi connectivity index (χ4n) is 4.01. The van der Waals surface area contributed by atoms with Crippen LogP contribution in [0.15, 0.2) is 79.5 Å². The molecular weight excluding hydrogens is 433 g/mol. The van der Waals surface area contributed by atoms with Gasteiger partial charge in [0.05, 0.1) is 11.8 Å². The van der Waals surface area contributed by atoms with Crippen molar-refractivity contribution < 1.29 is 9.13 Å². The highest BCUT2D eigenvalue weighted by molar-refractivity contribution is 5.68. The van der Waals surface area contributed by atoms with E-state index < -0.39 is 0 Å². The molecular formula is C32H38FNO. The average molecular weight is 472 g/mol. The number of pyridine rings is 1. The lowest BCUT2D eigenvalue weighted by Gasteiger charge is -2.12. The van der Waals surface area contributed by atoms with E-state index in [1.54, 1.807) is 6.07 Å². The molecule has 0 spiro atoms. The molecule has 3 aromatic rings. The summed E-state index contributed by atoms with van der Waals surface area (Å²) in [5.74, 6) is -0.227. The molecule has 1 heterocycles. The Hall–Kier alpha value is -3.04. The van der Waals surface area contributed by atoms with Crippen LogP contribution in [0.5, 0.6) is 0 Å². The Labute approximate surface area is 210 Å². The number of halogens is 1. The summed E-state index contributed by atoms with van der Waals surface area (Å²) in [7, 11) is 0. The van der Waals surface area contributed by atoms with Gasteiger partial charge in [0, 0.05) is 29.5 Å². The van der Waals surface area contributed by atoms with Crippen molar-refractivity contribution in [1.29, 1.82) is 0 Å². The fourth-order valence-corrected chi connectivity index (χ4v) is 4.01. The van der Waals surface area contributed by atoms with E-state index >= 15 is 0 Å². The maximum absolute atomic E-state index is 14.7. The molecule has 3 rings (SSSR count). The van der Waals surface area contributed by atoms with E-state index in [-0.39, 0.29) is 11.9 Å². The van der Waals surface area contributed by atoms with Crippen LogP contribution in [0.3, 0.4) is 0 Å². The molecule has 3 heteroatoms. The highest BCUT2D eigenvalue weighted by Crippen LogP contribution is 2.25. The standard InChI is InChI=1S/C32H38FNO/c1-4-6-10-22-35-25(3)12-8-7-9-13-28-18-19-29(23-31(28)33)32-21-20-30(24-34-32)27-16-14-26(11-5-2)15-17-27/h5,9,13-21,23-25H,2,4,6-8,10-12,22H2,1,3H3. The quantitative estimate of drug-likeness (QED) is 0.173. The zero-order valence-corrected chi connectivity index (χ0v) is 21.2. The van der Waals surface area contributed by atoms with Gasteiger partial charge in [-0.1, -0.05) is 80.5 Å². The summed E-state index contributed by atoms with van der Waals surface area (Å²) in [6.45, 7) is 8.97. The van der Waals surface area contributed by atoms with E-state index in [1.807, 2.05) is 42.6 Å². The minimum absolute atomic E-state index is 0.227. The first kappa shape index (κ1) is 26.6. The largest absolute Gasteiger partial charge is 0.379 e. The number of unbranched alkanes of at least 4 members (excludes halogenated alkanes) is 3. The van der Waals surface area contributed by atoms with Gasteiger partial charge in [-0.15, -0.1) is 6.58 Å². The first-order valence-corrected chi connectivity index (χ1v) is 12.8. The second-order valence-corrected chi connectivity index (χ2v) is 9.08. The highest BCUT2D eigenvalue weighted by Gasteiger charge is 2.06. The monoisotopic (exact) mass is 471 g/mol. The van der Waals surface area contributed by atoms with Crippen LogP contribution in [0.25, 0.3) is 28.5 Å². The molecule has 0 amide bonds. The van der Waals surface area contributed by atoms with E-state index in [2.05, 4.69) is 55.8 Å². The van der Waals surface area contributed by atoms with Gasteiger partial charge >= 0.3 is 0 Å². The van der Waals surface area contributed by atoms with Crippen molar-refractivity contribution in [2.75, 3.05) is 6.61 Å². The minimum atomic E-state index is -0.227. The molecule has 2 aromatic carbocycles. The molecule has 0 aliphatic heterocycles. The summed E-state index contributed by atoms with van der Waals surface area (Å²) < 4.78 is 20.6. The molecule has 0 bridgehead atoms. The van der Waals surface area contributed by atoms with Crippen LogP contribution >= 0.6 is 0 Å². The van der Waals surface area contributed by atoms with E-state index in [0.717, 1.165) is 61.1 Å². The van der Waals surface area contributed by atoms with Crippen LogP contribution in [0.2, 0.25) is 0 Å². The molecule has 1 atom stereocenters. The molecule has 1 unspecified atom stereocenters. The first-order valence-electron chi connectivity index (χ1n) is 12.8. The SMILES string of the molecule is C=CCc1ccc(-c2ccc(-c3ccc(C=CCCCC(C)OCCCCC)c(F)c3)nc2)cc1. The summed E-state index contributed by atoms with van der Waals surface area (Å²) in [6.07, 6.45) is 15.4. The third kappa shape index (κ3) is 8.60. The van der Waals surface area contributed by atoms with Gasteiger partial charge in [0.15, 0.2) is 0 Å². The maximum atomic E-state index is 14.7. The molecule has 0 radical (unpaired) electrons. The van der Waals surface area contributed by atoms with Gasteiger partial charge in [-0.25, -0.2) is 4.39 Å². The Morgan fingerprint density at radius 2 is 1.74 bits per heavy atom. The third-order valence-electron chi connectivity index (χ3n) is 6.16. The molecule has 0 aliphatic carbocycles. The molecule has 0 aliphatic rings. The number of hydrogen-bond donors (Lipinski definition) is 0.